The van der Waals surface area contributed by atoms with Crippen LogP contribution in [-0.4, -0.2) is 45.5 Å². The van der Waals surface area contributed by atoms with E-state index in [-0.39, 0.29) is 5.78 Å². The molecule has 214 valence electrons. The summed E-state index contributed by atoms with van der Waals surface area (Å²) in [5, 5.41) is 5.75. The molecule has 8 heteroatoms. The highest BCUT2D eigenvalue weighted by Gasteiger charge is 2.22. The van der Waals surface area contributed by atoms with Gasteiger partial charge in [-0.15, -0.1) is 0 Å². The molecule has 1 heterocycles. The minimum atomic E-state index is -0.645. The number of methoxy groups -OCH3 is 2. The topological polar surface area (TPSA) is 115 Å². The summed E-state index contributed by atoms with van der Waals surface area (Å²) < 4.78 is 10.1. The summed E-state index contributed by atoms with van der Waals surface area (Å²) >= 11 is 0. The van der Waals surface area contributed by atoms with Gasteiger partial charge in [0, 0.05) is 35.5 Å². The van der Waals surface area contributed by atoms with Crippen LogP contribution in [0.25, 0.3) is 11.1 Å². The molecule has 0 saturated carbocycles. The number of aliphatic imine (C=N–C) groups is 1. The monoisotopic (exact) mass is 546 g/mol. The number of amidine groups is 1. The van der Waals surface area contributed by atoms with Gasteiger partial charge in [0.1, 0.15) is 11.6 Å². The lowest BCUT2D eigenvalue weighted by Gasteiger charge is -2.13. The number of nitrogens with zero attached hydrogens (tertiary/aromatic N) is 1. The Balaban J connectivity index is 0.000000611. The first-order valence-corrected chi connectivity index (χ1v) is 13.4. The number of anilines is 1. The normalized spacial score (nSPS) is 14.9. The van der Waals surface area contributed by atoms with Gasteiger partial charge in [-0.1, -0.05) is 57.5 Å². The standard InChI is InChI=1S/C25H25N3O4.C7H17N/c1-15(17-10-11-22(28-25(30)32-5)19(13-17)16(2)29)12-20-21(14-27-24(20)26-3)18-8-6-7-9-23(18)31-4;1-3-4-5-7(2)6-8/h6-14H,1H2,2-5H3,(H,26,27)(H,28,30);7H,3-6,8H2,1-2H3/b20-12-;. The smallest absolute Gasteiger partial charge is 0.411 e. The molecular formula is C32H42N4O4. The fraction of sp³-hybridized carbons (Fsp3) is 0.344. The maximum atomic E-state index is 12.2. The number of nitrogens with two attached hydrogens (primary N) is 1. The van der Waals surface area contributed by atoms with Crippen molar-refractivity contribution in [2.75, 3.05) is 33.1 Å². The lowest BCUT2D eigenvalue weighted by atomic mass is 9.94. The number of hydrogen-bond acceptors (Lipinski definition) is 6. The van der Waals surface area contributed by atoms with Gasteiger partial charge < -0.3 is 20.5 Å². The van der Waals surface area contributed by atoms with Crippen LogP contribution in [0.1, 0.15) is 61.5 Å². The summed E-state index contributed by atoms with van der Waals surface area (Å²) in [5.41, 5.74) is 10.3. The van der Waals surface area contributed by atoms with E-state index in [0.29, 0.717) is 22.7 Å². The third-order valence-corrected chi connectivity index (χ3v) is 6.48. The van der Waals surface area contributed by atoms with E-state index in [1.165, 1.54) is 33.3 Å². The first-order chi connectivity index (χ1) is 19.2. The number of rotatable bonds is 10. The number of amides is 1. The van der Waals surface area contributed by atoms with Crippen LogP contribution in [0.15, 0.2) is 71.9 Å². The van der Waals surface area contributed by atoms with Gasteiger partial charge in [-0.2, -0.15) is 0 Å². The molecule has 1 aliphatic heterocycles. The molecule has 3 rings (SSSR count). The second-order valence-corrected chi connectivity index (χ2v) is 9.47. The van der Waals surface area contributed by atoms with Crippen LogP contribution >= 0.6 is 0 Å². The van der Waals surface area contributed by atoms with Crippen molar-refractivity contribution in [3.8, 4) is 5.75 Å². The number of para-hydroxylation sites is 1. The number of allylic oxidation sites excluding steroid dienone is 2. The number of nitrogens with one attached hydrogen (secondary N) is 2. The summed E-state index contributed by atoms with van der Waals surface area (Å²) in [7, 11) is 4.60. The Morgan fingerprint density at radius 2 is 1.93 bits per heavy atom. The molecule has 1 unspecified atom stereocenters. The van der Waals surface area contributed by atoms with Crippen molar-refractivity contribution >= 4 is 34.5 Å². The van der Waals surface area contributed by atoms with Crippen molar-refractivity contribution in [1.29, 1.82) is 0 Å². The average Bonchev–Trinajstić information content (AvgIpc) is 3.37. The Labute approximate surface area is 238 Å². The van der Waals surface area contributed by atoms with Gasteiger partial charge in [0.05, 0.1) is 19.9 Å². The fourth-order valence-electron chi connectivity index (χ4n) is 4.08. The molecule has 2 aromatic carbocycles. The van der Waals surface area contributed by atoms with E-state index in [2.05, 4.69) is 40.8 Å². The van der Waals surface area contributed by atoms with Gasteiger partial charge >= 0.3 is 6.09 Å². The van der Waals surface area contributed by atoms with E-state index in [0.717, 1.165) is 40.5 Å². The van der Waals surface area contributed by atoms with Gasteiger partial charge in [-0.3, -0.25) is 15.1 Å². The van der Waals surface area contributed by atoms with E-state index in [1.54, 1.807) is 32.4 Å². The zero-order chi connectivity index (χ0) is 29.7. The number of hydrogen-bond donors (Lipinski definition) is 3. The molecule has 0 saturated heterocycles. The third kappa shape index (κ3) is 8.68. The van der Waals surface area contributed by atoms with Gasteiger partial charge in [-0.25, -0.2) is 4.79 Å². The molecule has 4 N–H and O–H groups in total. The molecule has 0 fully saturated rings. The number of ether oxygens (including phenoxy) is 2. The molecular weight excluding hydrogens is 504 g/mol. The molecule has 8 nitrogen and oxygen atoms in total. The predicted molar refractivity (Wildman–Crippen MR) is 165 cm³/mol. The summed E-state index contributed by atoms with van der Waals surface area (Å²) in [6.45, 7) is 10.9. The zero-order valence-electron chi connectivity index (χ0n) is 24.5. The van der Waals surface area contributed by atoms with E-state index in [4.69, 9.17) is 10.5 Å². The molecule has 1 aliphatic rings. The van der Waals surface area contributed by atoms with Gasteiger partial charge in [0.15, 0.2) is 5.78 Å². The Morgan fingerprint density at radius 1 is 1.20 bits per heavy atom. The van der Waals surface area contributed by atoms with Crippen molar-refractivity contribution < 1.29 is 19.1 Å². The molecule has 40 heavy (non-hydrogen) atoms. The van der Waals surface area contributed by atoms with Crippen LogP contribution in [-0.2, 0) is 4.74 Å². The molecule has 2 aromatic rings. The molecule has 0 bridgehead atoms. The van der Waals surface area contributed by atoms with Crippen LogP contribution < -0.4 is 21.1 Å². The number of carbonyl (C=O) groups is 2. The minimum Gasteiger partial charge on any atom is -0.496 e. The number of carbonyl (C=O) groups excluding carboxylic acids is 2. The van der Waals surface area contributed by atoms with Gasteiger partial charge in [0.2, 0.25) is 0 Å². The van der Waals surface area contributed by atoms with Crippen LogP contribution in [0.5, 0.6) is 5.75 Å². The first kappa shape index (κ1) is 32.0. The van der Waals surface area contributed by atoms with E-state index < -0.39 is 6.09 Å². The van der Waals surface area contributed by atoms with E-state index in [9.17, 15) is 9.59 Å². The fourth-order valence-corrected chi connectivity index (χ4v) is 4.08. The second kappa shape index (κ2) is 16.1. The number of unbranched alkanes of at least 4 members (excludes halogenated alkanes) is 1. The summed E-state index contributed by atoms with van der Waals surface area (Å²) in [6, 6.07) is 12.9. The largest absolute Gasteiger partial charge is 0.496 e. The summed E-state index contributed by atoms with van der Waals surface area (Å²) in [5.74, 6) is 1.98. The van der Waals surface area contributed by atoms with Crippen molar-refractivity contribution in [2.24, 2.45) is 16.6 Å². The molecule has 0 aromatic heterocycles. The van der Waals surface area contributed by atoms with Crippen LogP contribution in [0, 0.1) is 5.92 Å². The highest BCUT2D eigenvalue weighted by Crippen LogP contribution is 2.35. The van der Waals surface area contributed by atoms with E-state index >= 15 is 0 Å². The highest BCUT2D eigenvalue weighted by atomic mass is 16.5. The second-order valence-electron chi connectivity index (χ2n) is 9.47. The maximum absolute atomic E-state index is 12.2. The Morgan fingerprint density at radius 3 is 2.52 bits per heavy atom. The average molecular weight is 547 g/mol. The van der Waals surface area contributed by atoms with Crippen LogP contribution in [0.3, 0.4) is 0 Å². The lowest BCUT2D eigenvalue weighted by Crippen LogP contribution is -2.14. The quantitative estimate of drug-likeness (QED) is 0.295. The number of ketones is 1. The molecule has 0 spiro atoms. The predicted octanol–water partition coefficient (Wildman–Crippen LogP) is 6.46. The van der Waals surface area contributed by atoms with Crippen molar-refractivity contribution in [2.45, 2.75) is 40.0 Å². The van der Waals surface area contributed by atoms with Gasteiger partial charge in [0.25, 0.3) is 0 Å². The molecule has 0 radical (unpaired) electrons. The Hall–Kier alpha value is -4.17. The minimum absolute atomic E-state index is 0.188. The summed E-state index contributed by atoms with van der Waals surface area (Å²) in [6.07, 6.45) is 7.07. The Kier molecular flexibility index (Phi) is 12.9. The third-order valence-electron chi connectivity index (χ3n) is 6.48. The van der Waals surface area contributed by atoms with Crippen LogP contribution in [0.4, 0.5) is 10.5 Å². The van der Waals surface area contributed by atoms with Crippen molar-refractivity contribution in [1.82, 2.24) is 5.32 Å². The van der Waals surface area contributed by atoms with Crippen molar-refractivity contribution in [3.63, 3.8) is 0 Å². The molecule has 1 amide bonds. The Bertz CT molecular complexity index is 1290. The van der Waals surface area contributed by atoms with Crippen LogP contribution in [0.2, 0.25) is 0 Å². The summed E-state index contributed by atoms with van der Waals surface area (Å²) in [4.78, 5) is 28.1. The zero-order valence-corrected chi connectivity index (χ0v) is 24.5. The first-order valence-electron chi connectivity index (χ1n) is 13.4. The SMILES string of the molecule is C=C(/C=C1/C(c2ccccc2OC)=CNC1=NC)c1ccc(NC(=O)OC)c(C(C)=O)c1.CCCCC(C)CN. The lowest BCUT2D eigenvalue weighted by molar-refractivity contribution is 0.101. The van der Waals surface area contributed by atoms with E-state index in [1.807, 2.05) is 36.5 Å². The maximum Gasteiger partial charge on any atom is 0.411 e. The van der Waals surface area contributed by atoms with Gasteiger partial charge in [-0.05, 0) is 61.2 Å². The molecule has 1 atom stereocenters. The number of Topliss-reactive ketones (excluding diaryl/α,β-unsaturated/α-hetero) is 1. The molecule has 0 aliphatic carbocycles. The van der Waals surface area contributed by atoms with Crippen molar-refractivity contribution in [3.05, 3.63) is 83.6 Å². The highest BCUT2D eigenvalue weighted by molar-refractivity contribution is 6.18. The number of benzene rings is 2.